The lowest BCUT2D eigenvalue weighted by Gasteiger charge is -2.27. The van der Waals surface area contributed by atoms with Crippen LogP contribution in [-0.4, -0.2) is 74.3 Å². The van der Waals surface area contributed by atoms with Gasteiger partial charge >= 0.3 is 13.8 Å². The highest BCUT2D eigenvalue weighted by Crippen LogP contribution is 2.43. The van der Waals surface area contributed by atoms with Crippen molar-refractivity contribution in [2.24, 2.45) is 0 Å². The van der Waals surface area contributed by atoms with E-state index in [9.17, 15) is 19.0 Å². The van der Waals surface area contributed by atoms with Crippen molar-refractivity contribution in [3.8, 4) is 0 Å². The fourth-order valence-electron chi connectivity index (χ4n) is 8.05. The average molecular weight is 991 g/mol. The van der Waals surface area contributed by atoms with E-state index in [0.717, 1.165) is 89.9 Å². The Kier molecular flexibility index (Phi) is 47.7. The van der Waals surface area contributed by atoms with Crippen molar-refractivity contribution in [2.75, 3.05) is 40.9 Å². The van der Waals surface area contributed by atoms with Crippen LogP contribution in [0.1, 0.15) is 252 Å². The lowest BCUT2D eigenvalue weighted by Crippen LogP contribution is -2.47. The maximum absolute atomic E-state index is 13.5. The summed E-state index contributed by atoms with van der Waals surface area (Å²) >= 11 is 0. The summed E-state index contributed by atoms with van der Waals surface area (Å²) in [6.07, 6.45) is 60.7. The van der Waals surface area contributed by atoms with Gasteiger partial charge in [-0.1, -0.05) is 223 Å². The number of quaternary nitrogens is 1. The smallest absolute Gasteiger partial charge is 0.456 e. The molecule has 0 aliphatic rings. The number of amides is 1. The van der Waals surface area contributed by atoms with Crippen LogP contribution in [0.15, 0.2) is 60.8 Å². The number of hydrogen-bond donors (Lipinski definition) is 2. The van der Waals surface area contributed by atoms with Crippen LogP contribution in [0.5, 0.6) is 0 Å². The van der Waals surface area contributed by atoms with Crippen LogP contribution in [0.3, 0.4) is 0 Å². The van der Waals surface area contributed by atoms with Gasteiger partial charge in [0.25, 0.3) is 0 Å². The molecule has 0 aromatic rings. The normalized spacial score (nSPS) is 14.2. The molecule has 0 aliphatic heterocycles. The van der Waals surface area contributed by atoms with E-state index in [4.69, 9.17) is 13.8 Å². The monoisotopic (exact) mass is 990 g/mol. The molecular weight excluding hydrogens is 880 g/mol. The number of likely N-dealkylation sites (N-methyl/N-ethyl adjacent to an activating group) is 1. The van der Waals surface area contributed by atoms with Gasteiger partial charge in [-0.25, -0.2) is 4.57 Å². The van der Waals surface area contributed by atoms with E-state index >= 15 is 0 Å². The van der Waals surface area contributed by atoms with E-state index in [1.165, 1.54) is 128 Å². The molecule has 0 saturated heterocycles. The van der Waals surface area contributed by atoms with E-state index in [2.05, 4.69) is 74.7 Å². The lowest BCUT2D eigenvalue weighted by molar-refractivity contribution is -0.870. The molecule has 0 heterocycles. The maximum atomic E-state index is 13.5. The molecule has 0 bridgehead atoms. The van der Waals surface area contributed by atoms with E-state index in [1.807, 2.05) is 33.3 Å². The number of allylic oxidation sites excluding steroid dienone is 9. The van der Waals surface area contributed by atoms with E-state index in [1.54, 1.807) is 0 Å². The highest BCUT2D eigenvalue weighted by atomic mass is 31.2. The third-order valence-electron chi connectivity index (χ3n) is 12.5. The lowest BCUT2D eigenvalue weighted by atomic mass is 10.1. The molecule has 69 heavy (non-hydrogen) atoms. The number of esters is 1. The first-order chi connectivity index (χ1) is 33.4. The molecule has 0 spiro atoms. The van der Waals surface area contributed by atoms with Crippen LogP contribution in [0, 0.1) is 0 Å². The summed E-state index contributed by atoms with van der Waals surface area (Å²) in [4.78, 5) is 37.6. The molecule has 3 atom stereocenters. The third-order valence-corrected chi connectivity index (χ3v) is 13.5. The first-order valence-corrected chi connectivity index (χ1v) is 30.1. The Bertz CT molecular complexity index is 1370. The van der Waals surface area contributed by atoms with Crippen LogP contribution < -0.4 is 5.32 Å². The van der Waals surface area contributed by atoms with Crippen molar-refractivity contribution in [3.05, 3.63) is 60.8 Å². The van der Waals surface area contributed by atoms with Gasteiger partial charge in [-0.2, -0.15) is 0 Å². The number of phosphoric acid groups is 1. The van der Waals surface area contributed by atoms with Gasteiger partial charge in [0.05, 0.1) is 33.8 Å². The highest BCUT2D eigenvalue weighted by Gasteiger charge is 2.30. The largest absolute Gasteiger partial charge is 0.472 e. The highest BCUT2D eigenvalue weighted by molar-refractivity contribution is 7.47. The summed E-state index contributed by atoms with van der Waals surface area (Å²) in [6.45, 7) is 6.86. The Morgan fingerprint density at radius 3 is 1.42 bits per heavy atom. The Morgan fingerprint density at radius 1 is 0.522 bits per heavy atom. The van der Waals surface area contributed by atoms with Gasteiger partial charge in [0.15, 0.2) is 0 Å². The van der Waals surface area contributed by atoms with E-state index < -0.39 is 20.0 Å². The number of unbranched alkanes of at least 4 members (excludes halogenated alkanes) is 29. The van der Waals surface area contributed by atoms with Crippen molar-refractivity contribution >= 4 is 19.7 Å². The number of rotatable bonds is 51. The number of hydrogen-bond acceptors (Lipinski definition) is 6. The maximum Gasteiger partial charge on any atom is 0.472 e. The zero-order chi connectivity index (χ0) is 50.8. The summed E-state index contributed by atoms with van der Waals surface area (Å²) in [5.41, 5.74) is 0. The zero-order valence-corrected chi connectivity index (χ0v) is 46.7. The minimum atomic E-state index is -4.45. The summed E-state index contributed by atoms with van der Waals surface area (Å²) in [7, 11) is 1.48. The SMILES string of the molecule is CC/C=C/C=C/C=C/CCCCCCCCCC(=O)OC(/C=C/CCCCCCCCCCC)C(COP(=O)(O)OCC[N+](C)(C)C)NC(=O)CCCCCCCCC/C=C/CCCCCCCC. The number of nitrogens with zero attached hydrogens (tertiary/aromatic N) is 1. The van der Waals surface area contributed by atoms with Gasteiger partial charge in [-0.05, 0) is 76.7 Å². The van der Waals surface area contributed by atoms with E-state index in [-0.39, 0.29) is 31.5 Å². The van der Waals surface area contributed by atoms with Gasteiger partial charge in [0.1, 0.15) is 19.3 Å². The summed E-state index contributed by atoms with van der Waals surface area (Å²) < 4.78 is 30.6. The van der Waals surface area contributed by atoms with Crippen LogP contribution in [0.25, 0.3) is 0 Å². The van der Waals surface area contributed by atoms with Crippen molar-refractivity contribution in [3.63, 3.8) is 0 Å². The molecule has 0 aromatic carbocycles. The molecular formula is C59H110N2O7P+. The van der Waals surface area contributed by atoms with Crippen LogP contribution in [-0.2, 0) is 27.9 Å². The van der Waals surface area contributed by atoms with Gasteiger partial charge in [-0.3, -0.25) is 18.6 Å². The molecule has 0 aliphatic carbocycles. The number of carbonyl (C=O) groups excluding carboxylic acids is 2. The fraction of sp³-hybridized carbons (Fsp3) is 0.797. The van der Waals surface area contributed by atoms with Crippen molar-refractivity contribution in [1.82, 2.24) is 5.32 Å². The average Bonchev–Trinajstić information content (AvgIpc) is 3.31. The van der Waals surface area contributed by atoms with Crippen molar-refractivity contribution in [1.29, 1.82) is 0 Å². The minimum Gasteiger partial charge on any atom is -0.456 e. The molecule has 2 N–H and O–H groups in total. The molecule has 0 rings (SSSR count). The molecule has 0 fully saturated rings. The Labute approximate surface area is 426 Å². The van der Waals surface area contributed by atoms with Crippen molar-refractivity contribution in [2.45, 2.75) is 264 Å². The first-order valence-electron chi connectivity index (χ1n) is 28.6. The quantitative estimate of drug-likeness (QED) is 0.0156. The molecule has 9 nitrogen and oxygen atoms in total. The zero-order valence-electron chi connectivity index (χ0n) is 45.8. The molecule has 402 valence electrons. The standard InChI is InChI=1S/C59H109N2O7P/c1-7-10-13-16-19-22-25-27-29-30-32-33-36-39-42-45-48-51-58(62)60-56(55-67-69(64,65)66-54-53-61(4,5)6)57(50-47-44-41-38-35-24-21-18-15-12-9-3)68-59(63)52-49-46-43-40-37-34-31-28-26-23-20-17-14-11-8-2/h11,14,17,20,23,26-27,29,47,50,56-57H,7-10,12-13,15-16,18-19,21-22,24-25,28,30-46,48-49,51-55H2,1-6H3,(H-,60,62,64,65)/p+1/b14-11+,20-17+,26-23+,29-27+,50-47+. The van der Waals surface area contributed by atoms with E-state index in [0.29, 0.717) is 17.4 Å². The number of ether oxygens (including phenoxy) is 1. The van der Waals surface area contributed by atoms with Crippen LogP contribution in [0.2, 0.25) is 0 Å². The molecule has 0 radical (unpaired) electrons. The summed E-state index contributed by atoms with van der Waals surface area (Å²) in [5.74, 6) is -0.523. The van der Waals surface area contributed by atoms with Gasteiger partial charge < -0.3 is 19.4 Å². The second-order valence-electron chi connectivity index (χ2n) is 20.5. The predicted octanol–water partition coefficient (Wildman–Crippen LogP) is 17.1. The predicted molar refractivity (Wildman–Crippen MR) is 295 cm³/mol. The third kappa shape index (κ3) is 50.4. The first kappa shape index (κ1) is 66.7. The Morgan fingerprint density at radius 2 is 0.942 bits per heavy atom. The number of phosphoric ester groups is 1. The molecule has 0 saturated carbocycles. The summed E-state index contributed by atoms with van der Waals surface area (Å²) in [6, 6.07) is -0.855. The molecule has 3 unspecified atom stereocenters. The summed E-state index contributed by atoms with van der Waals surface area (Å²) in [5, 5.41) is 3.04. The number of carbonyl (C=O) groups is 2. The fourth-order valence-corrected chi connectivity index (χ4v) is 8.79. The molecule has 10 heteroatoms. The van der Waals surface area contributed by atoms with Gasteiger partial charge in [-0.15, -0.1) is 0 Å². The van der Waals surface area contributed by atoms with Crippen LogP contribution >= 0.6 is 7.82 Å². The van der Waals surface area contributed by atoms with Gasteiger partial charge in [0.2, 0.25) is 5.91 Å². The Hall–Kier alpha value is -2.29. The molecule has 0 aromatic heterocycles. The van der Waals surface area contributed by atoms with Crippen molar-refractivity contribution < 1.29 is 37.3 Å². The second-order valence-corrected chi connectivity index (χ2v) is 21.9. The second kappa shape index (κ2) is 49.3. The topological polar surface area (TPSA) is 111 Å². The Balaban J connectivity index is 5.33. The molecule has 1 amide bonds. The minimum absolute atomic E-state index is 0.0360. The van der Waals surface area contributed by atoms with Crippen LogP contribution in [0.4, 0.5) is 0 Å². The number of nitrogens with one attached hydrogen (secondary N) is 1. The van der Waals surface area contributed by atoms with Gasteiger partial charge in [0, 0.05) is 12.8 Å².